The fourth-order valence-corrected chi connectivity index (χ4v) is 2.97. The van der Waals surface area contributed by atoms with Gasteiger partial charge in [-0.3, -0.25) is 9.98 Å². The fraction of sp³-hybridized carbons (Fsp3) is 0.174. The lowest BCUT2D eigenvalue weighted by Gasteiger charge is -2.06. The minimum Gasteiger partial charge on any atom is -0.252 e. The summed E-state index contributed by atoms with van der Waals surface area (Å²) in [4.78, 5) is 14.1. The maximum absolute atomic E-state index is 6.09. The summed E-state index contributed by atoms with van der Waals surface area (Å²) in [6, 6.07) is 17.3. The zero-order chi connectivity index (χ0) is 20.3. The van der Waals surface area contributed by atoms with Gasteiger partial charge >= 0.3 is 0 Å². The van der Waals surface area contributed by atoms with Gasteiger partial charge in [-0.15, -0.1) is 0 Å². The van der Waals surface area contributed by atoms with Crippen LogP contribution in [0, 0.1) is 13.8 Å². The molecule has 142 valence electrons. The first-order chi connectivity index (χ1) is 13.3. The molecule has 1 aromatic heterocycles. The molecule has 3 aromatic rings. The molecule has 5 heteroatoms. The Labute approximate surface area is 175 Å². The van der Waals surface area contributed by atoms with Gasteiger partial charge in [0.1, 0.15) is 0 Å². The molecule has 3 rings (SSSR count). The van der Waals surface area contributed by atoms with Gasteiger partial charge in [0.15, 0.2) is 0 Å². The van der Waals surface area contributed by atoms with Gasteiger partial charge in [0.2, 0.25) is 0 Å². The van der Waals surface area contributed by atoms with Crippen LogP contribution in [-0.4, -0.2) is 16.4 Å². The van der Waals surface area contributed by atoms with E-state index in [1.165, 1.54) is 0 Å². The third-order valence-corrected chi connectivity index (χ3v) is 5.22. The zero-order valence-electron chi connectivity index (χ0n) is 16.3. The summed E-state index contributed by atoms with van der Waals surface area (Å²) >= 11 is 12.2. The van der Waals surface area contributed by atoms with Crippen LogP contribution in [0.3, 0.4) is 0 Å². The van der Waals surface area contributed by atoms with Crippen molar-refractivity contribution >= 4 is 46.0 Å². The third kappa shape index (κ3) is 4.86. The largest absolute Gasteiger partial charge is 0.252 e. The number of halogens is 2. The highest BCUT2D eigenvalue weighted by Crippen LogP contribution is 2.23. The minimum absolute atomic E-state index is 0.737. The number of nitrogens with zero attached hydrogens (tertiary/aromatic N) is 3. The summed E-state index contributed by atoms with van der Waals surface area (Å²) in [5.41, 5.74) is 7.00. The highest BCUT2D eigenvalue weighted by molar-refractivity contribution is 6.31. The molecule has 0 fully saturated rings. The number of rotatable bonds is 4. The van der Waals surface area contributed by atoms with E-state index in [0.29, 0.717) is 0 Å². The molecule has 0 unspecified atom stereocenters. The van der Waals surface area contributed by atoms with Crippen LogP contribution < -0.4 is 0 Å². The van der Waals surface area contributed by atoms with Crippen molar-refractivity contribution in [3.05, 3.63) is 87.2 Å². The molecule has 0 atom stereocenters. The first-order valence-corrected chi connectivity index (χ1v) is 9.70. The van der Waals surface area contributed by atoms with E-state index in [1.807, 2.05) is 82.3 Å². The van der Waals surface area contributed by atoms with Crippen LogP contribution in [0.1, 0.15) is 36.4 Å². The Morgan fingerprint density at radius 2 is 1.14 bits per heavy atom. The predicted octanol–water partition coefficient (Wildman–Crippen LogP) is 7.29. The molecule has 0 radical (unpaired) electrons. The molecule has 2 aromatic carbocycles. The van der Waals surface area contributed by atoms with Crippen molar-refractivity contribution in [3.8, 4) is 0 Å². The maximum atomic E-state index is 6.09. The lowest BCUT2D eigenvalue weighted by molar-refractivity contribution is 1.24. The van der Waals surface area contributed by atoms with Gasteiger partial charge in [0, 0.05) is 10.0 Å². The van der Waals surface area contributed by atoms with Crippen molar-refractivity contribution in [2.75, 3.05) is 0 Å². The van der Waals surface area contributed by atoms with Crippen molar-refractivity contribution in [2.45, 2.75) is 27.7 Å². The molecule has 1 heterocycles. The summed E-state index contributed by atoms with van der Waals surface area (Å²) in [6.07, 6.45) is 0. The number of aliphatic imine (C=N–C) groups is 2. The van der Waals surface area contributed by atoms with Gasteiger partial charge in [0.25, 0.3) is 0 Å². The molecule has 0 saturated carbocycles. The topological polar surface area (TPSA) is 37.6 Å². The molecule has 3 nitrogen and oxygen atoms in total. The molecule has 0 N–H and O–H groups in total. The fourth-order valence-electron chi connectivity index (χ4n) is 2.74. The normalized spacial score (nSPS) is 12.4. The van der Waals surface area contributed by atoms with Gasteiger partial charge < -0.3 is 0 Å². The first kappa shape index (κ1) is 20.2. The Morgan fingerprint density at radius 1 is 0.714 bits per heavy atom. The molecule has 0 amide bonds. The number of benzene rings is 2. The van der Waals surface area contributed by atoms with Crippen molar-refractivity contribution < 1.29 is 0 Å². The van der Waals surface area contributed by atoms with Crippen LogP contribution >= 0.6 is 23.2 Å². The molecular weight excluding hydrogens is 389 g/mol. The van der Waals surface area contributed by atoms with Crippen LogP contribution in [0.15, 0.2) is 64.6 Å². The van der Waals surface area contributed by atoms with Gasteiger partial charge in [-0.1, -0.05) is 29.3 Å². The van der Waals surface area contributed by atoms with E-state index in [0.717, 1.165) is 55.4 Å². The van der Waals surface area contributed by atoms with Crippen LogP contribution in [0.25, 0.3) is 0 Å². The highest BCUT2D eigenvalue weighted by Gasteiger charge is 2.06. The summed E-state index contributed by atoms with van der Waals surface area (Å²) in [6.45, 7) is 7.83. The van der Waals surface area contributed by atoms with Crippen molar-refractivity contribution in [1.82, 2.24) is 4.98 Å². The average Bonchev–Trinajstić information content (AvgIpc) is 2.67. The third-order valence-electron chi connectivity index (χ3n) is 4.37. The summed E-state index contributed by atoms with van der Waals surface area (Å²) in [7, 11) is 0. The zero-order valence-corrected chi connectivity index (χ0v) is 17.8. The number of hydrogen-bond acceptors (Lipinski definition) is 3. The summed E-state index contributed by atoms with van der Waals surface area (Å²) in [5.74, 6) is 0. The lowest BCUT2D eigenvalue weighted by atomic mass is 10.2. The maximum Gasteiger partial charge on any atom is 0.0849 e. The van der Waals surface area contributed by atoms with E-state index < -0.39 is 0 Å². The first-order valence-electron chi connectivity index (χ1n) is 8.94. The summed E-state index contributed by atoms with van der Waals surface area (Å²) in [5, 5.41) is 1.47. The average molecular weight is 410 g/mol. The van der Waals surface area contributed by atoms with Gasteiger partial charge in [-0.05, 0) is 87.4 Å². The molecule has 0 aliphatic carbocycles. The quantitative estimate of drug-likeness (QED) is 0.416. The standard InChI is InChI=1S/C23H21Cl2N3/c1-14-12-18(8-10-20(14)24)26-16(3)22-6-5-7-23(28-22)17(4)27-19-9-11-21(25)15(2)13-19/h5-13H,1-4H3. The van der Waals surface area contributed by atoms with E-state index in [9.17, 15) is 0 Å². The molecule has 0 aliphatic heterocycles. The summed E-state index contributed by atoms with van der Waals surface area (Å²) < 4.78 is 0. The van der Waals surface area contributed by atoms with Crippen LogP contribution in [0.4, 0.5) is 11.4 Å². The monoisotopic (exact) mass is 409 g/mol. The highest BCUT2D eigenvalue weighted by atomic mass is 35.5. The Hall–Kier alpha value is -2.49. The Morgan fingerprint density at radius 3 is 1.54 bits per heavy atom. The SMILES string of the molecule is CC(=Nc1ccc(Cl)c(C)c1)c1cccc(C(C)=Nc2ccc(Cl)c(C)c2)n1. The smallest absolute Gasteiger partial charge is 0.0849 e. The van der Waals surface area contributed by atoms with E-state index in [4.69, 9.17) is 28.2 Å². The van der Waals surface area contributed by atoms with Crippen LogP contribution in [0.2, 0.25) is 10.0 Å². The van der Waals surface area contributed by atoms with Crippen molar-refractivity contribution in [2.24, 2.45) is 9.98 Å². The van der Waals surface area contributed by atoms with Gasteiger partial charge in [-0.2, -0.15) is 0 Å². The molecule has 0 aliphatic rings. The van der Waals surface area contributed by atoms with Crippen molar-refractivity contribution in [1.29, 1.82) is 0 Å². The van der Waals surface area contributed by atoms with Crippen LogP contribution in [-0.2, 0) is 0 Å². The van der Waals surface area contributed by atoms with Gasteiger partial charge in [-0.25, -0.2) is 4.98 Å². The Kier molecular flexibility index (Phi) is 6.28. The molecule has 0 saturated heterocycles. The lowest BCUT2D eigenvalue weighted by Crippen LogP contribution is -2.05. The molecule has 0 spiro atoms. The number of aromatic nitrogens is 1. The second-order valence-corrected chi connectivity index (χ2v) is 7.48. The number of hydrogen-bond donors (Lipinski definition) is 0. The van der Waals surface area contributed by atoms with E-state index in [1.54, 1.807) is 0 Å². The molecule has 28 heavy (non-hydrogen) atoms. The number of pyridine rings is 1. The van der Waals surface area contributed by atoms with E-state index >= 15 is 0 Å². The predicted molar refractivity (Wildman–Crippen MR) is 120 cm³/mol. The van der Waals surface area contributed by atoms with E-state index in [-0.39, 0.29) is 0 Å². The van der Waals surface area contributed by atoms with Crippen molar-refractivity contribution in [3.63, 3.8) is 0 Å². The second-order valence-electron chi connectivity index (χ2n) is 6.67. The number of aryl methyl sites for hydroxylation is 2. The molecule has 0 bridgehead atoms. The van der Waals surface area contributed by atoms with Gasteiger partial charge in [0.05, 0.1) is 34.2 Å². The molecular formula is C23H21Cl2N3. The van der Waals surface area contributed by atoms with Crippen LogP contribution in [0.5, 0.6) is 0 Å². The Bertz CT molecular complexity index is 1000. The second kappa shape index (κ2) is 8.68. The Balaban J connectivity index is 1.90. The minimum atomic E-state index is 0.737. The van der Waals surface area contributed by atoms with E-state index in [2.05, 4.69) is 9.98 Å².